The van der Waals surface area contributed by atoms with Gasteiger partial charge in [0.2, 0.25) is 5.91 Å². The molecular formula is C20H25N3O3. The summed E-state index contributed by atoms with van der Waals surface area (Å²) in [5.74, 6) is 0.595. The summed E-state index contributed by atoms with van der Waals surface area (Å²) in [6.07, 6.45) is 1.50. The highest BCUT2D eigenvalue weighted by atomic mass is 16.3. The lowest BCUT2D eigenvalue weighted by Gasteiger charge is -2.33. The van der Waals surface area contributed by atoms with E-state index in [0.29, 0.717) is 44.4 Å². The number of piperazine rings is 1. The normalized spacial score (nSPS) is 15.3. The molecule has 0 bridgehead atoms. The molecule has 0 saturated carbocycles. The van der Waals surface area contributed by atoms with Crippen LogP contribution >= 0.6 is 0 Å². The fraction of sp³-hybridized carbons (Fsp3) is 0.400. The number of anilines is 1. The van der Waals surface area contributed by atoms with Crippen molar-refractivity contribution < 1.29 is 14.0 Å². The zero-order valence-electron chi connectivity index (χ0n) is 15.3. The lowest BCUT2D eigenvalue weighted by Crippen LogP contribution is -2.50. The summed E-state index contributed by atoms with van der Waals surface area (Å²) in [7, 11) is 0. The van der Waals surface area contributed by atoms with Crippen molar-refractivity contribution >= 4 is 17.5 Å². The van der Waals surface area contributed by atoms with Crippen LogP contribution in [0.4, 0.5) is 5.69 Å². The van der Waals surface area contributed by atoms with Crippen LogP contribution in [0.5, 0.6) is 0 Å². The van der Waals surface area contributed by atoms with E-state index in [1.54, 1.807) is 17.0 Å². The average Bonchev–Trinajstić information content (AvgIpc) is 3.16. The van der Waals surface area contributed by atoms with Gasteiger partial charge in [0.05, 0.1) is 12.8 Å². The first-order chi connectivity index (χ1) is 12.5. The van der Waals surface area contributed by atoms with Crippen molar-refractivity contribution in [3.63, 3.8) is 0 Å². The first-order valence-electron chi connectivity index (χ1n) is 8.98. The predicted molar refractivity (Wildman–Crippen MR) is 100 cm³/mol. The molecular weight excluding hydrogens is 330 g/mol. The van der Waals surface area contributed by atoms with Gasteiger partial charge in [-0.25, -0.2) is 0 Å². The smallest absolute Gasteiger partial charge is 0.289 e. The Morgan fingerprint density at radius 1 is 1.08 bits per heavy atom. The number of rotatable bonds is 5. The minimum Gasteiger partial charge on any atom is -0.459 e. The molecule has 1 saturated heterocycles. The van der Waals surface area contributed by atoms with E-state index in [2.05, 4.69) is 24.1 Å². The maximum Gasteiger partial charge on any atom is 0.289 e. The number of para-hydroxylation sites is 1. The van der Waals surface area contributed by atoms with Crippen LogP contribution in [0, 0.1) is 0 Å². The summed E-state index contributed by atoms with van der Waals surface area (Å²) < 4.78 is 5.17. The van der Waals surface area contributed by atoms with Gasteiger partial charge >= 0.3 is 0 Å². The molecule has 1 aliphatic heterocycles. The Morgan fingerprint density at radius 3 is 2.46 bits per heavy atom. The van der Waals surface area contributed by atoms with Crippen LogP contribution < -0.4 is 5.32 Å². The van der Waals surface area contributed by atoms with Crippen molar-refractivity contribution in [2.24, 2.45) is 0 Å². The van der Waals surface area contributed by atoms with Crippen LogP contribution in [-0.2, 0) is 4.79 Å². The Labute approximate surface area is 153 Å². The molecule has 1 N–H and O–H groups in total. The maximum absolute atomic E-state index is 12.4. The molecule has 26 heavy (non-hydrogen) atoms. The zero-order chi connectivity index (χ0) is 18.5. The molecule has 138 valence electrons. The second kappa shape index (κ2) is 8.19. The molecule has 3 rings (SSSR count). The van der Waals surface area contributed by atoms with Gasteiger partial charge in [-0.1, -0.05) is 32.0 Å². The third-order valence-electron chi connectivity index (χ3n) is 4.62. The third-order valence-corrected chi connectivity index (χ3v) is 4.62. The van der Waals surface area contributed by atoms with Gasteiger partial charge in [-0.2, -0.15) is 0 Å². The summed E-state index contributed by atoms with van der Waals surface area (Å²) in [6.45, 7) is 7.08. The Morgan fingerprint density at radius 2 is 1.81 bits per heavy atom. The molecule has 0 unspecified atom stereocenters. The summed E-state index contributed by atoms with van der Waals surface area (Å²) in [5, 5.41) is 3.02. The molecule has 2 heterocycles. The van der Waals surface area contributed by atoms with Gasteiger partial charge in [-0.15, -0.1) is 0 Å². The van der Waals surface area contributed by atoms with Crippen molar-refractivity contribution in [2.75, 3.05) is 38.0 Å². The average molecular weight is 355 g/mol. The number of hydrogen-bond acceptors (Lipinski definition) is 4. The Hall–Kier alpha value is -2.60. The molecule has 2 amide bonds. The highest BCUT2D eigenvalue weighted by Crippen LogP contribution is 2.23. The van der Waals surface area contributed by atoms with E-state index in [9.17, 15) is 9.59 Å². The summed E-state index contributed by atoms with van der Waals surface area (Å²) in [6, 6.07) is 11.3. The molecule has 1 aromatic heterocycles. The van der Waals surface area contributed by atoms with E-state index in [0.717, 1.165) is 11.3 Å². The second-order valence-corrected chi connectivity index (χ2v) is 6.84. The van der Waals surface area contributed by atoms with E-state index in [4.69, 9.17) is 4.42 Å². The Balaban J connectivity index is 1.50. The molecule has 1 aromatic carbocycles. The van der Waals surface area contributed by atoms with Gasteiger partial charge in [-0.3, -0.25) is 14.5 Å². The van der Waals surface area contributed by atoms with Gasteiger partial charge in [0.25, 0.3) is 5.91 Å². The molecule has 0 spiro atoms. The molecule has 2 aromatic rings. The SMILES string of the molecule is CC(C)c1ccccc1NC(=O)CN1CCN(C(=O)c2ccco2)CC1. The maximum atomic E-state index is 12.4. The molecule has 0 aliphatic carbocycles. The van der Waals surface area contributed by atoms with Gasteiger partial charge in [-0.05, 0) is 29.7 Å². The number of nitrogens with zero attached hydrogens (tertiary/aromatic N) is 2. The fourth-order valence-corrected chi connectivity index (χ4v) is 3.17. The lowest BCUT2D eigenvalue weighted by molar-refractivity contribution is -0.117. The molecule has 1 fully saturated rings. The Bertz CT molecular complexity index is 747. The molecule has 6 heteroatoms. The molecule has 0 atom stereocenters. The minimum atomic E-state index is -0.0926. The number of benzene rings is 1. The van der Waals surface area contributed by atoms with Crippen LogP contribution in [-0.4, -0.2) is 54.3 Å². The lowest BCUT2D eigenvalue weighted by atomic mass is 10.0. The zero-order valence-corrected chi connectivity index (χ0v) is 15.3. The number of carbonyl (C=O) groups is 2. The monoisotopic (exact) mass is 355 g/mol. The van der Waals surface area contributed by atoms with Crippen molar-refractivity contribution in [1.29, 1.82) is 0 Å². The van der Waals surface area contributed by atoms with E-state index >= 15 is 0 Å². The van der Waals surface area contributed by atoms with Crippen LogP contribution in [0.3, 0.4) is 0 Å². The van der Waals surface area contributed by atoms with Crippen molar-refractivity contribution in [1.82, 2.24) is 9.80 Å². The third kappa shape index (κ3) is 4.32. The largest absolute Gasteiger partial charge is 0.459 e. The second-order valence-electron chi connectivity index (χ2n) is 6.84. The summed E-state index contributed by atoms with van der Waals surface area (Å²) >= 11 is 0. The van der Waals surface area contributed by atoms with Gasteiger partial charge in [0.1, 0.15) is 0 Å². The summed E-state index contributed by atoms with van der Waals surface area (Å²) in [4.78, 5) is 28.5. The van der Waals surface area contributed by atoms with Gasteiger partial charge in [0.15, 0.2) is 5.76 Å². The van der Waals surface area contributed by atoms with Crippen LogP contribution in [0.2, 0.25) is 0 Å². The predicted octanol–water partition coefficient (Wildman–Crippen LogP) is 2.80. The first kappa shape index (κ1) is 18.2. The number of furan rings is 1. The highest BCUT2D eigenvalue weighted by molar-refractivity contribution is 5.93. The van der Waals surface area contributed by atoms with E-state index in [1.165, 1.54) is 6.26 Å². The number of hydrogen-bond donors (Lipinski definition) is 1. The van der Waals surface area contributed by atoms with Crippen LogP contribution in [0.1, 0.15) is 35.9 Å². The summed E-state index contributed by atoms with van der Waals surface area (Å²) in [5.41, 5.74) is 2.01. The Kier molecular flexibility index (Phi) is 5.73. The molecule has 1 aliphatic rings. The van der Waals surface area contributed by atoms with E-state index < -0.39 is 0 Å². The molecule has 0 radical (unpaired) electrons. The first-order valence-corrected chi connectivity index (χ1v) is 8.98. The fourth-order valence-electron chi connectivity index (χ4n) is 3.17. The number of nitrogens with one attached hydrogen (secondary N) is 1. The quantitative estimate of drug-likeness (QED) is 0.896. The highest BCUT2D eigenvalue weighted by Gasteiger charge is 2.24. The van der Waals surface area contributed by atoms with Crippen molar-refractivity contribution in [3.8, 4) is 0 Å². The van der Waals surface area contributed by atoms with Crippen LogP contribution in [0.25, 0.3) is 0 Å². The van der Waals surface area contributed by atoms with Crippen LogP contribution in [0.15, 0.2) is 47.1 Å². The molecule has 6 nitrogen and oxygen atoms in total. The van der Waals surface area contributed by atoms with E-state index in [-0.39, 0.29) is 11.8 Å². The number of amides is 2. The topological polar surface area (TPSA) is 65.8 Å². The minimum absolute atomic E-state index is 0.0242. The van der Waals surface area contributed by atoms with Crippen molar-refractivity contribution in [2.45, 2.75) is 19.8 Å². The van der Waals surface area contributed by atoms with Crippen molar-refractivity contribution in [3.05, 3.63) is 54.0 Å². The standard InChI is InChI=1S/C20H25N3O3/c1-15(2)16-6-3-4-7-17(16)21-19(24)14-22-9-11-23(12-10-22)20(25)18-8-5-13-26-18/h3-8,13,15H,9-12,14H2,1-2H3,(H,21,24). The van der Waals surface area contributed by atoms with Gasteiger partial charge < -0.3 is 14.6 Å². The number of carbonyl (C=O) groups excluding carboxylic acids is 2. The van der Waals surface area contributed by atoms with Gasteiger partial charge in [0, 0.05) is 31.9 Å². The van der Waals surface area contributed by atoms with E-state index in [1.807, 2.05) is 24.3 Å².